The predicted octanol–water partition coefficient (Wildman–Crippen LogP) is 4.26. The van der Waals surface area contributed by atoms with Crippen molar-refractivity contribution < 1.29 is 4.74 Å². The number of halogens is 1. The highest BCUT2D eigenvalue weighted by atomic mass is 79.9. The first kappa shape index (κ1) is 14.3. The van der Waals surface area contributed by atoms with Crippen LogP contribution in [0.25, 0.3) is 0 Å². The van der Waals surface area contributed by atoms with E-state index in [9.17, 15) is 0 Å². The van der Waals surface area contributed by atoms with E-state index in [0.717, 1.165) is 30.5 Å². The number of hydrogen-bond acceptors (Lipinski definition) is 3. The second kappa shape index (κ2) is 5.98. The van der Waals surface area contributed by atoms with Gasteiger partial charge in [-0.1, -0.05) is 30.3 Å². The fourth-order valence-electron chi connectivity index (χ4n) is 3.06. The van der Waals surface area contributed by atoms with E-state index in [4.69, 9.17) is 10.5 Å². The Kier molecular flexibility index (Phi) is 4.26. The van der Waals surface area contributed by atoms with Crippen molar-refractivity contribution in [3.63, 3.8) is 0 Å². The maximum atomic E-state index is 6.71. The van der Waals surface area contributed by atoms with Crippen molar-refractivity contribution in [3.8, 4) is 0 Å². The highest BCUT2D eigenvalue weighted by Gasteiger charge is 2.41. The molecule has 0 spiro atoms. The molecule has 1 unspecified atom stereocenters. The highest BCUT2D eigenvalue weighted by molar-refractivity contribution is 9.10. The summed E-state index contributed by atoms with van der Waals surface area (Å²) in [6.45, 7) is 1.57. The van der Waals surface area contributed by atoms with Crippen LogP contribution in [0.15, 0.2) is 46.3 Å². The lowest BCUT2D eigenvalue weighted by atomic mass is 9.68. The van der Waals surface area contributed by atoms with E-state index >= 15 is 0 Å². The standard InChI is InChI=1S/C16H18BrNOS/c17-13-6-11-20-14(13)15(18)16(7-9-19-10-8-16)12-4-2-1-3-5-12/h1-6,11,15H,7-10,18H2. The first-order valence-electron chi connectivity index (χ1n) is 6.86. The summed E-state index contributed by atoms with van der Waals surface area (Å²) in [6, 6.07) is 12.7. The molecule has 4 heteroatoms. The van der Waals surface area contributed by atoms with Gasteiger partial charge in [-0.05, 0) is 45.8 Å². The van der Waals surface area contributed by atoms with Gasteiger partial charge in [-0.15, -0.1) is 11.3 Å². The van der Waals surface area contributed by atoms with Gasteiger partial charge < -0.3 is 10.5 Å². The molecule has 2 heterocycles. The van der Waals surface area contributed by atoms with E-state index in [-0.39, 0.29) is 11.5 Å². The molecule has 1 saturated heterocycles. The molecule has 106 valence electrons. The summed E-state index contributed by atoms with van der Waals surface area (Å²) in [5.74, 6) is 0. The monoisotopic (exact) mass is 351 g/mol. The smallest absolute Gasteiger partial charge is 0.0501 e. The molecule has 0 saturated carbocycles. The summed E-state index contributed by atoms with van der Waals surface area (Å²) >= 11 is 5.36. The Morgan fingerprint density at radius 2 is 1.85 bits per heavy atom. The van der Waals surface area contributed by atoms with Crippen LogP contribution in [-0.2, 0) is 10.2 Å². The van der Waals surface area contributed by atoms with Crippen LogP contribution < -0.4 is 5.73 Å². The summed E-state index contributed by atoms with van der Waals surface area (Å²) in [5, 5.41) is 2.09. The number of thiophene rings is 1. The first-order chi connectivity index (χ1) is 9.74. The van der Waals surface area contributed by atoms with E-state index in [2.05, 4.69) is 57.7 Å². The lowest BCUT2D eigenvalue weighted by Crippen LogP contribution is -2.43. The third-order valence-corrected chi connectivity index (χ3v) is 6.21. The van der Waals surface area contributed by atoms with Crippen LogP contribution in [0, 0.1) is 0 Å². The summed E-state index contributed by atoms with van der Waals surface area (Å²) in [5.41, 5.74) is 8.02. The van der Waals surface area contributed by atoms with Crippen molar-refractivity contribution in [1.82, 2.24) is 0 Å². The molecule has 1 fully saturated rings. The molecule has 2 nitrogen and oxygen atoms in total. The Hall–Kier alpha value is -0.680. The van der Waals surface area contributed by atoms with Gasteiger partial charge in [0.15, 0.2) is 0 Å². The van der Waals surface area contributed by atoms with Crippen LogP contribution in [0.3, 0.4) is 0 Å². The zero-order chi connectivity index (χ0) is 14.0. The van der Waals surface area contributed by atoms with Crippen molar-refractivity contribution in [3.05, 3.63) is 56.7 Å². The van der Waals surface area contributed by atoms with Crippen LogP contribution >= 0.6 is 27.3 Å². The quantitative estimate of drug-likeness (QED) is 0.896. The van der Waals surface area contributed by atoms with E-state index in [0.29, 0.717) is 0 Å². The van der Waals surface area contributed by atoms with Gasteiger partial charge in [-0.3, -0.25) is 0 Å². The zero-order valence-corrected chi connectivity index (χ0v) is 13.6. The van der Waals surface area contributed by atoms with Gasteiger partial charge in [-0.25, -0.2) is 0 Å². The maximum Gasteiger partial charge on any atom is 0.0501 e. The largest absolute Gasteiger partial charge is 0.381 e. The minimum Gasteiger partial charge on any atom is -0.381 e. The Bertz CT molecular complexity index is 563. The van der Waals surface area contributed by atoms with Gasteiger partial charge in [-0.2, -0.15) is 0 Å². The molecule has 0 amide bonds. The number of rotatable bonds is 3. The van der Waals surface area contributed by atoms with E-state index in [1.165, 1.54) is 10.4 Å². The van der Waals surface area contributed by atoms with Crippen LogP contribution in [0.2, 0.25) is 0 Å². The second-order valence-electron chi connectivity index (χ2n) is 5.24. The van der Waals surface area contributed by atoms with Gasteiger partial charge in [0.25, 0.3) is 0 Å². The minimum absolute atomic E-state index is 0.00294. The highest BCUT2D eigenvalue weighted by Crippen LogP contribution is 2.46. The number of hydrogen-bond donors (Lipinski definition) is 1. The summed E-state index contributed by atoms with van der Waals surface area (Å²) < 4.78 is 6.70. The molecule has 1 aliphatic rings. The number of nitrogens with two attached hydrogens (primary N) is 1. The maximum absolute atomic E-state index is 6.71. The average Bonchev–Trinajstić information content (AvgIpc) is 2.94. The van der Waals surface area contributed by atoms with Crippen LogP contribution in [0.4, 0.5) is 0 Å². The minimum atomic E-state index is -0.0209. The first-order valence-corrected chi connectivity index (χ1v) is 8.53. The van der Waals surface area contributed by atoms with Crippen LogP contribution in [0.5, 0.6) is 0 Å². The summed E-state index contributed by atoms with van der Waals surface area (Å²) in [4.78, 5) is 1.23. The molecule has 1 aliphatic heterocycles. The molecule has 0 bridgehead atoms. The van der Waals surface area contributed by atoms with Gasteiger partial charge in [0.2, 0.25) is 0 Å². The normalized spacial score (nSPS) is 19.7. The topological polar surface area (TPSA) is 35.2 Å². The third-order valence-electron chi connectivity index (χ3n) is 4.26. The molecule has 2 aromatic rings. The van der Waals surface area contributed by atoms with Gasteiger partial charge >= 0.3 is 0 Å². The molecule has 1 atom stereocenters. The van der Waals surface area contributed by atoms with Crippen molar-refractivity contribution in [2.45, 2.75) is 24.3 Å². The van der Waals surface area contributed by atoms with Crippen LogP contribution in [0.1, 0.15) is 29.3 Å². The lowest BCUT2D eigenvalue weighted by Gasteiger charge is -2.42. The predicted molar refractivity (Wildman–Crippen MR) is 87.1 cm³/mol. The molecule has 2 N–H and O–H groups in total. The molecule has 3 rings (SSSR count). The van der Waals surface area contributed by atoms with E-state index < -0.39 is 0 Å². The number of ether oxygens (including phenoxy) is 1. The van der Waals surface area contributed by atoms with E-state index in [1.807, 2.05) is 0 Å². The Morgan fingerprint density at radius 1 is 1.15 bits per heavy atom. The van der Waals surface area contributed by atoms with Gasteiger partial charge in [0.05, 0.1) is 6.04 Å². The molecule has 20 heavy (non-hydrogen) atoms. The zero-order valence-electron chi connectivity index (χ0n) is 11.2. The van der Waals surface area contributed by atoms with Gasteiger partial charge in [0, 0.05) is 28.0 Å². The third kappa shape index (κ3) is 2.46. The van der Waals surface area contributed by atoms with Crippen molar-refractivity contribution >= 4 is 27.3 Å². The SMILES string of the molecule is NC(c1sccc1Br)C1(c2ccccc2)CCOCC1. The summed E-state index contributed by atoms with van der Waals surface area (Å²) in [7, 11) is 0. The van der Waals surface area contributed by atoms with Crippen molar-refractivity contribution in [1.29, 1.82) is 0 Å². The second-order valence-corrected chi connectivity index (χ2v) is 7.05. The molecule has 1 aromatic heterocycles. The Balaban J connectivity index is 2.04. The van der Waals surface area contributed by atoms with Crippen molar-refractivity contribution in [2.24, 2.45) is 5.73 Å². The lowest BCUT2D eigenvalue weighted by molar-refractivity contribution is 0.0401. The average molecular weight is 352 g/mol. The fraction of sp³-hybridized carbons (Fsp3) is 0.375. The van der Waals surface area contributed by atoms with Crippen LogP contribution in [-0.4, -0.2) is 13.2 Å². The Labute approximate surface area is 132 Å². The summed E-state index contributed by atoms with van der Waals surface area (Å²) in [6.07, 6.45) is 1.95. The van der Waals surface area contributed by atoms with Crippen molar-refractivity contribution in [2.75, 3.05) is 13.2 Å². The molecule has 0 radical (unpaired) electrons. The molecule has 1 aromatic carbocycles. The fourth-order valence-corrected chi connectivity index (χ4v) is 4.80. The number of benzene rings is 1. The Morgan fingerprint density at radius 3 is 2.45 bits per heavy atom. The molecular weight excluding hydrogens is 334 g/mol. The van der Waals surface area contributed by atoms with E-state index in [1.54, 1.807) is 11.3 Å². The molecule has 0 aliphatic carbocycles. The van der Waals surface area contributed by atoms with Gasteiger partial charge in [0.1, 0.15) is 0 Å². The molecular formula is C16H18BrNOS.